The van der Waals surface area contributed by atoms with Crippen LogP contribution in [-0.2, 0) is 4.79 Å². The molecule has 78 valence electrons. The third-order valence-corrected chi connectivity index (χ3v) is 2.08. The van der Waals surface area contributed by atoms with Crippen molar-refractivity contribution in [3.05, 3.63) is 35.9 Å². The molecule has 1 aromatic rings. The maximum absolute atomic E-state index is 10.9. The monoisotopic (exact) mass is 196 g/mol. The number of carboxylic acid groups (broad SMARTS) is 1. The van der Waals surface area contributed by atoms with Crippen LogP contribution in [0.5, 0.6) is 0 Å². The third kappa shape index (κ3) is 3.18. The summed E-state index contributed by atoms with van der Waals surface area (Å²) >= 11 is 0. The maximum Gasteiger partial charge on any atom is 0.310 e. The first-order valence-corrected chi connectivity index (χ1v) is 4.53. The molecule has 0 amide bonds. The molecule has 0 aliphatic rings. The molecule has 1 atom stereocenters. The minimum absolute atomic E-state index is 0. The number of hydrogen-bond acceptors (Lipinski definition) is 1. The first-order valence-electron chi connectivity index (χ1n) is 4.53. The summed E-state index contributed by atoms with van der Waals surface area (Å²) < 4.78 is 0. The topological polar surface area (TPSA) is 68.8 Å². The maximum atomic E-state index is 10.9. The average molecular weight is 196 g/mol. The van der Waals surface area contributed by atoms with Gasteiger partial charge >= 0.3 is 5.97 Å². The Hall–Kier alpha value is -1.35. The quantitative estimate of drug-likeness (QED) is 0.798. The first-order chi connectivity index (χ1) is 6.25. The van der Waals surface area contributed by atoms with Gasteiger partial charge in [0.1, 0.15) is 0 Å². The van der Waals surface area contributed by atoms with Gasteiger partial charge in [-0.15, -0.1) is 0 Å². The Morgan fingerprint density at radius 3 is 2.36 bits per heavy atom. The van der Waals surface area contributed by atoms with Crippen LogP contribution >= 0.6 is 0 Å². The summed E-state index contributed by atoms with van der Waals surface area (Å²) in [7, 11) is 0. The van der Waals surface area contributed by atoms with Gasteiger partial charge in [0, 0.05) is 0 Å². The van der Waals surface area contributed by atoms with E-state index in [0.717, 1.165) is 12.0 Å². The van der Waals surface area contributed by atoms with Gasteiger partial charge in [-0.25, -0.2) is 0 Å². The van der Waals surface area contributed by atoms with Gasteiger partial charge in [0.05, 0.1) is 5.92 Å². The Morgan fingerprint density at radius 1 is 1.36 bits per heavy atom. The summed E-state index contributed by atoms with van der Waals surface area (Å²) in [5.74, 6) is -1.07. The number of carboxylic acids is 1. The van der Waals surface area contributed by atoms with Gasteiger partial charge in [-0.2, -0.15) is 0 Å². The number of carbonyl (C=O) groups is 1. The molecule has 0 heterocycles. The van der Waals surface area contributed by atoms with Gasteiger partial charge in [0.2, 0.25) is 0 Å². The second-order valence-corrected chi connectivity index (χ2v) is 3.09. The highest BCUT2D eigenvalue weighted by atomic mass is 16.4. The van der Waals surface area contributed by atoms with E-state index in [2.05, 4.69) is 0 Å². The van der Waals surface area contributed by atoms with E-state index < -0.39 is 5.97 Å². The van der Waals surface area contributed by atoms with Gasteiger partial charge < -0.3 is 10.6 Å². The van der Waals surface area contributed by atoms with Crippen LogP contribution in [0.15, 0.2) is 30.3 Å². The Labute approximate surface area is 83.7 Å². The Morgan fingerprint density at radius 2 is 1.93 bits per heavy atom. The van der Waals surface area contributed by atoms with Crippen molar-refractivity contribution in [3.63, 3.8) is 0 Å². The van der Waals surface area contributed by atoms with Crippen LogP contribution in [0.1, 0.15) is 31.2 Å². The van der Waals surface area contributed by atoms with E-state index in [9.17, 15) is 4.79 Å². The van der Waals surface area contributed by atoms with Crippen molar-refractivity contribution < 1.29 is 15.4 Å². The lowest BCUT2D eigenvalue weighted by Crippen LogP contribution is -2.10. The van der Waals surface area contributed by atoms with Crippen molar-refractivity contribution in [3.8, 4) is 0 Å². The van der Waals surface area contributed by atoms with Crippen LogP contribution in [-0.4, -0.2) is 16.6 Å². The molecular formula is C11H16O3. The molecule has 1 rings (SSSR count). The average Bonchev–Trinajstić information content (AvgIpc) is 2.15. The zero-order valence-corrected chi connectivity index (χ0v) is 8.23. The molecule has 0 bridgehead atoms. The summed E-state index contributed by atoms with van der Waals surface area (Å²) in [6.07, 6.45) is 1.60. The number of rotatable bonds is 4. The zero-order valence-electron chi connectivity index (χ0n) is 8.23. The summed E-state index contributed by atoms with van der Waals surface area (Å²) in [5, 5.41) is 8.96. The lowest BCUT2D eigenvalue weighted by molar-refractivity contribution is -0.139. The fourth-order valence-corrected chi connectivity index (χ4v) is 1.41. The largest absolute Gasteiger partial charge is 0.481 e. The number of hydrogen-bond donors (Lipinski definition) is 1. The van der Waals surface area contributed by atoms with Crippen molar-refractivity contribution in [1.29, 1.82) is 0 Å². The third-order valence-electron chi connectivity index (χ3n) is 2.08. The Balaban J connectivity index is 0.00000169. The van der Waals surface area contributed by atoms with Crippen LogP contribution < -0.4 is 0 Å². The fraction of sp³-hybridized carbons (Fsp3) is 0.364. The van der Waals surface area contributed by atoms with E-state index in [0.29, 0.717) is 6.42 Å². The summed E-state index contributed by atoms with van der Waals surface area (Å²) in [6.45, 7) is 2.00. The van der Waals surface area contributed by atoms with Crippen molar-refractivity contribution in [2.75, 3.05) is 0 Å². The molecule has 14 heavy (non-hydrogen) atoms. The fourth-order valence-electron chi connectivity index (χ4n) is 1.41. The molecule has 0 aliphatic carbocycles. The highest BCUT2D eigenvalue weighted by molar-refractivity contribution is 5.75. The van der Waals surface area contributed by atoms with Crippen LogP contribution in [0.2, 0.25) is 0 Å². The number of aliphatic carboxylic acids is 1. The Kier molecular flexibility index (Phi) is 5.56. The summed E-state index contributed by atoms with van der Waals surface area (Å²) in [6, 6.07) is 9.39. The summed E-state index contributed by atoms with van der Waals surface area (Å²) in [4.78, 5) is 10.9. The predicted octanol–water partition coefficient (Wildman–Crippen LogP) is 1.83. The van der Waals surface area contributed by atoms with Crippen molar-refractivity contribution >= 4 is 5.97 Å². The number of benzene rings is 1. The molecule has 0 saturated heterocycles. The lowest BCUT2D eigenvalue weighted by atomic mass is 9.95. The normalized spacial score (nSPS) is 11.5. The van der Waals surface area contributed by atoms with E-state index in [4.69, 9.17) is 5.11 Å². The molecule has 3 heteroatoms. The zero-order chi connectivity index (χ0) is 9.68. The lowest BCUT2D eigenvalue weighted by Gasteiger charge is -2.10. The van der Waals surface area contributed by atoms with Crippen LogP contribution in [0.4, 0.5) is 0 Å². The van der Waals surface area contributed by atoms with Gasteiger partial charge in [-0.1, -0.05) is 43.7 Å². The van der Waals surface area contributed by atoms with Crippen molar-refractivity contribution in [2.24, 2.45) is 0 Å². The van der Waals surface area contributed by atoms with E-state index in [1.54, 1.807) is 0 Å². The highest BCUT2D eigenvalue weighted by Gasteiger charge is 2.17. The molecule has 0 spiro atoms. The summed E-state index contributed by atoms with van der Waals surface area (Å²) in [5.41, 5.74) is 0.900. The molecule has 1 unspecified atom stereocenters. The molecule has 0 fully saturated rings. The van der Waals surface area contributed by atoms with Crippen molar-refractivity contribution in [2.45, 2.75) is 25.7 Å². The smallest absolute Gasteiger partial charge is 0.310 e. The standard InChI is InChI=1S/C11H14O2.H2O/c1-2-6-10(11(12)13)9-7-4-3-5-8-9;/h3-5,7-8,10H,2,6H2,1H3,(H,12,13);1H2. The molecular weight excluding hydrogens is 180 g/mol. The second-order valence-electron chi connectivity index (χ2n) is 3.09. The van der Waals surface area contributed by atoms with Gasteiger partial charge in [-0.05, 0) is 12.0 Å². The van der Waals surface area contributed by atoms with Crippen molar-refractivity contribution in [1.82, 2.24) is 0 Å². The molecule has 1 aromatic carbocycles. The van der Waals surface area contributed by atoms with E-state index >= 15 is 0 Å². The predicted molar refractivity (Wildman–Crippen MR) is 55.3 cm³/mol. The van der Waals surface area contributed by atoms with E-state index in [1.807, 2.05) is 37.3 Å². The minimum Gasteiger partial charge on any atom is -0.481 e. The molecule has 0 aliphatic heterocycles. The Bertz CT molecular complexity index is 269. The van der Waals surface area contributed by atoms with Gasteiger partial charge in [0.25, 0.3) is 0 Å². The molecule has 0 radical (unpaired) electrons. The van der Waals surface area contributed by atoms with Crippen LogP contribution in [0.3, 0.4) is 0 Å². The molecule has 3 nitrogen and oxygen atoms in total. The van der Waals surface area contributed by atoms with E-state index in [-0.39, 0.29) is 11.4 Å². The first kappa shape index (κ1) is 12.7. The SMILES string of the molecule is CCCC(C(=O)O)c1ccccc1.O. The van der Waals surface area contributed by atoms with E-state index in [1.165, 1.54) is 0 Å². The van der Waals surface area contributed by atoms with Gasteiger partial charge in [0.15, 0.2) is 0 Å². The highest BCUT2D eigenvalue weighted by Crippen LogP contribution is 2.20. The molecule has 3 N–H and O–H groups in total. The molecule has 0 aromatic heterocycles. The van der Waals surface area contributed by atoms with Crippen LogP contribution in [0, 0.1) is 0 Å². The van der Waals surface area contributed by atoms with Crippen LogP contribution in [0.25, 0.3) is 0 Å². The second kappa shape index (κ2) is 6.16. The minimum atomic E-state index is -0.729. The van der Waals surface area contributed by atoms with Gasteiger partial charge in [-0.3, -0.25) is 4.79 Å². The molecule has 0 saturated carbocycles.